The Bertz CT molecular complexity index is 339. The van der Waals surface area contributed by atoms with Crippen molar-refractivity contribution in [1.29, 1.82) is 0 Å². The van der Waals surface area contributed by atoms with Crippen LogP contribution in [-0.2, 0) is 6.54 Å². The average Bonchev–Trinajstić information content (AvgIpc) is 2.23. The van der Waals surface area contributed by atoms with E-state index >= 15 is 0 Å². The predicted octanol–water partition coefficient (Wildman–Crippen LogP) is 4.21. The highest BCUT2D eigenvalue weighted by Gasteiger charge is 2.12. The second-order valence-electron chi connectivity index (χ2n) is 4.28. The molecule has 1 rings (SSSR count). The van der Waals surface area contributed by atoms with E-state index < -0.39 is 0 Å². The summed E-state index contributed by atoms with van der Waals surface area (Å²) in [5.41, 5.74) is 1.02. The second-order valence-corrected chi connectivity index (χ2v) is 5.07. The van der Waals surface area contributed by atoms with Crippen LogP contribution in [0.25, 0.3) is 0 Å². The van der Waals surface area contributed by atoms with Crippen LogP contribution < -0.4 is 0 Å². The molecular formula is C13H19BrFN. The summed E-state index contributed by atoms with van der Waals surface area (Å²) in [5, 5.41) is 0. The molecule has 0 aliphatic heterocycles. The maximum absolute atomic E-state index is 13.4. The predicted molar refractivity (Wildman–Crippen MR) is 69.9 cm³/mol. The summed E-state index contributed by atoms with van der Waals surface area (Å²) in [6.07, 6.45) is 1.12. The van der Waals surface area contributed by atoms with Crippen LogP contribution in [0.3, 0.4) is 0 Å². The summed E-state index contributed by atoms with van der Waals surface area (Å²) in [5.74, 6) is -0.183. The molecule has 0 N–H and O–H groups in total. The van der Waals surface area contributed by atoms with Gasteiger partial charge in [0.2, 0.25) is 0 Å². The van der Waals surface area contributed by atoms with Gasteiger partial charge >= 0.3 is 0 Å². The van der Waals surface area contributed by atoms with E-state index in [0.717, 1.165) is 25.1 Å². The first kappa shape index (κ1) is 13.7. The van der Waals surface area contributed by atoms with Crippen LogP contribution in [0.5, 0.6) is 0 Å². The van der Waals surface area contributed by atoms with Gasteiger partial charge in [0.05, 0.1) is 4.47 Å². The Morgan fingerprint density at radius 1 is 1.38 bits per heavy atom. The molecule has 0 fully saturated rings. The number of nitrogens with zero attached hydrogens (tertiary/aromatic N) is 1. The molecule has 0 saturated carbocycles. The molecule has 0 aliphatic carbocycles. The number of hydrogen-bond donors (Lipinski definition) is 0. The molecule has 1 aromatic carbocycles. The van der Waals surface area contributed by atoms with Crippen molar-refractivity contribution in [3.8, 4) is 0 Å². The Morgan fingerprint density at radius 2 is 2.06 bits per heavy atom. The van der Waals surface area contributed by atoms with Gasteiger partial charge in [-0.3, -0.25) is 4.90 Å². The normalized spacial score (nSPS) is 11.4. The molecule has 1 aromatic rings. The van der Waals surface area contributed by atoms with Crippen molar-refractivity contribution in [2.45, 2.75) is 39.8 Å². The maximum Gasteiger partial charge on any atom is 0.137 e. The van der Waals surface area contributed by atoms with Gasteiger partial charge in [-0.15, -0.1) is 0 Å². The Labute approximate surface area is 106 Å². The third kappa shape index (κ3) is 3.56. The first-order chi connectivity index (χ1) is 7.56. The number of rotatable bonds is 5. The van der Waals surface area contributed by atoms with E-state index in [-0.39, 0.29) is 5.82 Å². The molecule has 0 bridgehead atoms. The van der Waals surface area contributed by atoms with Gasteiger partial charge in [0.1, 0.15) is 5.82 Å². The third-order valence-corrected chi connectivity index (χ3v) is 3.53. The van der Waals surface area contributed by atoms with Gasteiger partial charge in [0, 0.05) is 12.6 Å². The molecule has 1 nitrogen and oxygen atoms in total. The molecule has 0 radical (unpaired) electrons. The molecule has 0 saturated heterocycles. The van der Waals surface area contributed by atoms with Crippen LogP contribution in [0.15, 0.2) is 22.7 Å². The summed E-state index contributed by atoms with van der Waals surface area (Å²) in [4.78, 5) is 2.35. The summed E-state index contributed by atoms with van der Waals surface area (Å²) in [7, 11) is 0. The fourth-order valence-corrected chi connectivity index (χ4v) is 2.09. The van der Waals surface area contributed by atoms with Crippen LogP contribution >= 0.6 is 15.9 Å². The van der Waals surface area contributed by atoms with Gasteiger partial charge in [-0.25, -0.2) is 4.39 Å². The number of hydrogen-bond acceptors (Lipinski definition) is 1. The first-order valence-corrected chi connectivity index (χ1v) is 6.52. The monoisotopic (exact) mass is 287 g/mol. The maximum atomic E-state index is 13.4. The lowest BCUT2D eigenvalue weighted by atomic mass is 10.2. The molecule has 0 unspecified atom stereocenters. The van der Waals surface area contributed by atoms with E-state index in [1.807, 2.05) is 6.07 Å². The summed E-state index contributed by atoms with van der Waals surface area (Å²) >= 11 is 3.31. The number of halogens is 2. The van der Waals surface area contributed by atoms with Gasteiger partial charge in [0.25, 0.3) is 0 Å². The summed E-state index contributed by atoms with van der Waals surface area (Å²) < 4.78 is 13.9. The minimum Gasteiger partial charge on any atom is -0.297 e. The lowest BCUT2D eigenvalue weighted by molar-refractivity contribution is 0.212. The smallest absolute Gasteiger partial charge is 0.137 e. The standard InChI is InChI=1S/C13H19BrFN/c1-4-8-16(10(2)3)9-11-6-5-7-12(15)13(11)14/h5-7,10H,4,8-9H2,1-3H3. The van der Waals surface area contributed by atoms with Crippen molar-refractivity contribution >= 4 is 15.9 Å². The molecule has 0 spiro atoms. The lowest BCUT2D eigenvalue weighted by Gasteiger charge is -2.26. The van der Waals surface area contributed by atoms with E-state index in [4.69, 9.17) is 0 Å². The highest BCUT2D eigenvalue weighted by molar-refractivity contribution is 9.10. The Hall–Kier alpha value is -0.410. The van der Waals surface area contributed by atoms with Gasteiger partial charge in [-0.2, -0.15) is 0 Å². The zero-order valence-corrected chi connectivity index (χ0v) is 11.7. The molecule has 90 valence electrons. The minimum atomic E-state index is -0.183. The Morgan fingerprint density at radius 3 is 2.62 bits per heavy atom. The van der Waals surface area contributed by atoms with Gasteiger partial charge < -0.3 is 0 Å². The highest BCUT2D eigenvalue weighted by Crippen LogP contribution is 2.22. The molecule has 0 atom stereocenters. The summed E-state index contributed by atoms with van der Waals surface area (Å²) in [6, 6.07) is 5.70. The van der Waals surface area contributed by atoms with Crippen molar-refractivity contribution in [1.82, 2.24) is 4.90 Å². The number of benzene rings is 1. The average molecular weight is 288 g/mol. The lowest BCUT2D eigenvalue weighted by Crippen LogP contribution is -2.31. The van der Waals surface area contributed by atoms with E-state index in [2.05, 4.69) is 41.6 Å². The molecular weight excluding hydrogens is 269 g/mol. The van der Waals surface area contributed by atoms with Crippen LogP contribution in [0.4, 0.5) is 4.39 Å². The fourth-order valence-electron chi connectivity index (χ4n) is 1.70. The highest BCUT2D eigenvalue weighted by atomic mass is 79.9. The van der Waals surface area contributed by atoms with Crippen molar-refractivity contribution < 1.29 is 4.39 Å². The van der Waals surface area contributed by atoms with Crippen LogP contribution in [0, 0.1) is 5.82 Å². The van der Waals surface area contributed by atoms with E-state index in [1.165, 1.54) is 6.07 Å². The van der Waals surface area contributed by atoms with Crippen molar-refractivity contribution in [3.05, 3.63) is 34.1 Å². The van der Waals surface area contributed by atoms with Crippen molar-refractivity contribution in [3.63, 3.8) is 0 Å². The van der Waals surface area contributed by atoms with Gasteiger partial charge in [-0.1, -0.05) is 19.1 Å². The van der Waals surface area contributed by atoms with Gasteiger partial charge in [0.15, 0.2) is 0 Å². The van der Waals surface area contributed by atoms with Crippen LogP contribution in [-0.4, -0.2) is 17.5 Å². The first-order valence-electron chi connectivity index (χ1n) is 5.73. The zero-order chi connectivity index (χ0) is 12.1. The van der Waals surface area contributed by atoms with Crippen molar-refractivity contribution in [2.75, 3.05) is 6.54 Å². The van der Waals surface area contributed by atoms with Crippen molar-refractivity contribution in [2.24, 2.45) is 0 Å². The fraction of sp³-hybridized carbons (Fsp3) is 0.538. The van der Waals surface area contributed by atoms with E-state index in [9.17, 15) is 4.39 Å². The zero-order valence-electron chi connectivity index (χ0n) is 10.1. The topological polar surface area (TPSA) is 3.24 Å². The molecule has 0 heterocycles. The van der Waals surface area contributed by atoms with E-state index in [1.54, 1.807) is 6.07 Å². The van der Waals surface area contributed by atoms with Crippen LogP contribution in [0.2, 0.25) is 0 Å². The second kappa shape index (κ2) is 6.36. The molecule has 16 heavy (non-hydrogen) atoms. The molecule has 0 amide bonds. The Kier molecular flexibility index (Phi) is 5.42. The quantitative estimate of drug-likeness (QED) is 0.784. The minimum absolute atomic E-state index is 0.183. The largest absolute Gasteiger partial charge is 0.297 e. The molecule has 0 aromatic heterocycles. The van der Waals surface area contributed by atoms with E-state index in [0.29, 0.717) is 10.5 Å². The SMILES string of the molecule is CCCN(Cc1cccc(F)c1Br)C(C)C. The van der Waals surface area contributed by atoms with Crippen LogP contribution in [0.1, 0.15) is 32.8 Å². The third-order valence-electron chi connectivity index (χ3n) is 2.65. The van der Waals surface area contributed by atoms with Gasteiger partial charge in [-0.05, 0) is 54.4 Å². The molecule has 0 aliphatic rings. The summed E-state index contributed by atoms with van der Waals surface area (Å²) in [6.45, 7) is 8.34. The molecule has 3 heteroatoms. The Balaban J connectivity index is 2.81.